The molecule has 0 amide bonds. The Morgan fingerprint density at radius 3 is 3.10 bits per heavy atom. The summed E-state index contributed by atoms with van der Waals surface area (Å²) >= 11 is 0. The Morgan fingerprint density at radius 1 is 1.30 bits per heavy atom. The fourth-order valence-electron chi connectivity index (χ4n) is 1.52. The minimum atomic E-state index is 1.23. The highest BCUT2D eigenvalue weighted by Crippen LogP contribution is 2.23. The van der Waals surface area contributed by atoms with Crippen molar-refractivity contribution in [2.75, 3.05) is 0 Å². The molecule has 0 N–H and O–H groups in total. The molecule has 1 aromatic carbocycles. The van der Waals surface area contributed by atoms with E-state index < -0.39 is 0 Å². The van der Waals surface area contributed by atoms with Gasteiger partial charge in [0.2, 0.25) is 0 Å². The topological polar surface area (TPSA) is 0 Å². The SMILES string of the molecule is Cc1ccc2c(c1)[CH]CC2. The lowest BCUT2D eigenvalue weighted by Crippen LogP contribution is -1.80. The predicted octanol–water partition coefficient (Wildman–Crippen LogP) is 2.49. The lowest BCUT2D eigenvalue weighted by molar-refractivity contribution is 1.03. The lowest BCUT2D eigenvalue weighted by Gasteiger charge is -1.97. The Hall–Kier alpha value is -0.780. The first-order chi connectivity index (χ1) is 4.86. The fourth-order valence-corrected chi connectivity index (χ4v) is 1.52. The molecule has 0 saturated heterocycles. The van der Waals surface area contributed by atoms with Gasteiger partial charge in [0, 0.05) is 0 Å². The van der Waals surface area contributed by atoms with Crippen LogP contribution in [0, 0.1) is 13.3 Å². The highest BCUT2D eigenvalue weighted by Gasteiger charge is 2.09. The van der Waals surface area contributed by atoms with Gasteiger partial charge in [-0.3, -0.25) is 0 Å². The van der Waals surface area contributed by atoms with E-state index >= 15 is 0 Å². The first kappa shape index (κ1) is 5.96. The average molecular weight is 131 g/mol. The Morgan fingerprint density at radius 2 is 2.20 bits per heavy atom. The summed E-state index contributed by atoms with van der Waals surface area (Å²) in [6.45, 7) is 2.15. The van der Waals surface area contributed by atoms with Gasteiger partial charge in [-0.25, -0.2) is 0 Å². The van der Waals surface area contributed by atoms with Crippen LogP contribution in [-0.2, 0) is 6.42 Å². The molecular formula is C10H11. The maximum Gasteiger partial charge on any atom is -0.00869 e. The molecule has 2 rings (SSSR count). The molecule has 1 aliphatic rings. The van der Waals surface area contributed by atoms with E-state index in [1.165, 1.54) is 29.5 Å². The molecule has 1 aliphatic carbocycles. The molecule has 1 aromatic rings. The van der Waals surface area contributed by atoms with Gasteiger partial charge in [0.05, 0.1) is 0 Å². The maximum atomic E-state index is 2.32. The largest absolute Gasteiger partial charge is 0.0590 e. The van der Waals surface area contributed by atoms with Crippen LogP contribution in [0.2, 0.25) is 0 Å². The zero-order valence-electron chi connectivity index (χ0n) is 6.22. The second kappa shape index (κ2) is 2.12. The number of rotatable bonds is 0. The molecule has 1 radical (unpaired) electrons. The third kappa shape index (κ3) is 0.841. The quantitative estimate of drug-likeness (QED) is 0.507. The summed E-state index contributed by atoms with van der Waals surface area (Å²) in [5.74, 6) is 0. The van der Waals surface area contributed by atoms with Crippen molar-refractivity contribution in [3.05, 3.63) is 41.3 Å². The van der Waals surface area contributed by atoms with Crippen molar-refractivity contribution in [2.45, 2.75) is 19.8 Å². The fraction of sp³-hybridized carbons (Fsp3) is 0.300. The third-order valence-electron chi connectivity index (χ3n) is 2.08. The van der Waals surface area contributed by atoms with E-state index in [0.29, 0.717) is 0 Å². The van der Waals surface area contributed by atoms with Crippen LogP contribution in [0.3, 0.4) is 0 Å². The third-order valence-corrected chi connectivity index (χ3v) is 2.08. The second-order valence-electron chi connectivity index (χ2n) is 2.95. The lowest BCUT2D eigenvalue weighted by atomic mass is 10.1. The normalized spacial score (nSPS) is 15.3. The maximum absolute atomic E-state index is 2.32. The molecule has 0 heterocycles. The molecular weight excluding hydrogens is 120 g/mol. The van der Waals surface area contributed by atoms with Gasteiger partial charge in [-0.2, -0.15) is 0 Å². The van der Waals surface area contributed by atoms with Gasteiger partial charge >= 0.3 is 0 Å². The Labute approximate surface area is 61.9 Å². The van der Waals surface area contributed by atoms with Crippen molar-refractivity contribution in [1.29, 1.82) is 0 Å². The summed E-state index contributed by atoms with van der Waals surface area (Å²) < 4.78 is 0. The van der Waals surface area contributed by atoms with Crippen molar-refractivity contribution < 1.29 is 0 Å². The second-order valence-corrected chi connectivity index (χ2v) is 2.95. The first-order valence-electron chi connectivity index (χ1n) is 3.79. The van der Waals surface area contributed by atoms with Gasteiger partial charge in [-0.15, -0.1) is 0 Å². The van der Waals surface area contributed by atoms with Crippen molar-refractivity contribution in [2.24, 2.45) is 0 Å². The summed E-state index contributed by atoms with van der Waals surface area (Å²) in [5.41, 5.74) is 4.35. The molecule has 0 nitrogen and oxygen atoms in total. The number of hydrogen-bond donors (Lipinski definition) is 0. The molecule has 51 valence electrons. The summed E-state index contributed by atoms with van der Waals surface area (Å²) in [6, 6.07) is 6.70. The van der Waals surface area contributed by atoms with E-state index in [2.05, 4.69) is 31.5 Å². The van der Waals surface area contributed by atoms with Crippen molar-refractivity contribution >= 4 is 0 Å². The van der Waals surface area contributed by atoms with Crippen LogP contribution in [0.4, 0.5) is 0 Å². The monoisotopic (exact) mass is 131 g/mol. The van der Waals surface area contributed by atoms with Crippen LogP contribution in [0.25, 0.3) is 0 Å². The van der Waals surface area contributed by atoms with E-state index in [0.717, 1.165) is 0 Å². The van der Waals surface area contributed by atoms with Gasteiger partial charge < -0.3 is 0 Å². The van der Waals surface area contributed by atoms with Crippen LogP contribution in [0.15, 0.2) is 18.2 Å². The number of benzene rings is 1. The minimum Gasteiger partial charge on any atom is -0.0590 e. The van der Waals surface area contributed by atoms with Crippen LogP contribution >= 0.6 is 0 Å². The molecule has 0 aromatic heterocycles. The minimum absolute atomic E-state index is 1.23. The van der Waals surface area contributed by atoms with Gasteiger partial charge in [-0.05, 0) is 37.3 Å². The first-order valence-corrected chi connectivity index (χ1v) is 3.79. The van der Waals surface area contributed by atoms with Crippen LogP contribution in [0.1, 0.15) is 23.1 Å². The van der Waals surface area contributed by atoms with Crippen molar-refractivity contribution in [1.82, 2.24) is 0 Å². The molecule has 0 unspecified atom stereocenters. The van der Waals surface area contributed by atoms with Gasteiger partial charge in [0.15, 0.2) is 0 Å². The van der Waals surface area contributed by atoms with Crippen LogP contribution in [-0.4, -0.2) is 0 Å². The molecule has 0 atom stereocenters. The zero-order valence-corrected chi connectivity index (χ0v) is 6.22. The van der Waals surface area contributed by atoms with E-state index in [-0.39, 0.29) is 0 Å². The number of aryl methyl sites for hydroxylation is 2. The molecule has 0 saturated carbocycles. The predicted molar refractivity (Wildman–Crippen MR) is 42.9 cm³/mol. The van der Waals surface area contributed by atoms with Crippen LogP contribution in [0.5, 0.6) is 0 Å². The van der Waals surface area contributed by atoms with E-state index in [1.807, 2.05) is 0 Å². The molecule has 0 fully saturated rings. The van der Waals surface area contributed by atoms with Crippen LogP contribution < -0.4 is 0 Å². The van der Waals surface area contributed by atoms with Gasteiger partial charge in [0.1, 0.15) is 0 Å². The summed E-state index contributed by atoms with van der Waals surface area (Å²) in [6.07, 6.45) is 4.80. The number of hydrogen-bond acceptors (Lipinski definition) is 0. The highest BCUT2D eigenvalue weighted by molar-refractivity contribution is 5.40. The van der Waals surface area contributed by atoms with E-state index in [9.17, 15) is 0 Å². The Kier molecular flexibility index (Phi) is 1.26. The summed E-state index contributed by atoms with van der Waals surface area (Å²) in [4.78, 5) is 0. The molecule has 0 heteroatoms. The molecule has 0 spiro atoms. The zero-order chi connectivity index (χ0) is 6.97. The standard InChI is InChI=1S/C10H11/c1-8-5-6-9-3-2-4-10(9)7-8/h4-7H,2-3H2,1H3. The Bertz CT molecular complexity index is 248. The summed E-state index contributed by atoms with van der Waals surface area (Å²) in [7, 11) is 0. The number of fused-ring (bicyclic) bond motifs is 1. The highest BCUT2D eigenvalue weighted by atomic mass is 14.1. The van der Waals surface area contributed by atoms with Crippen molar-refractivity contribution in [3.8, 4) is 0 Å². The summed E-state index contributed by atoms with van der Waals surface area (Å²) in [5, 5.41) is 0. The van der Waals surface area contributed by atoms with Gasteiger partial charge in [0.25, 0.3) is 0 Å². The average Bonchev–Trinajstić information content (AvgIpc) is 2.33. The molecule has 0 bridgehead atoms. The Balaban J connectivity index is 2.52. The van der Waals surface area contributed by atoms with Gasteiger partial charge in [-0.1, -0.05) is 23.8 Å². The van der Waals surface area contributed by atoms with Crippen molar-refractivity contribution in [3.63, 3.8) is 0 Å². The molecule has 0 aliphatic heterocycles. The van der Waals surface area contributed by atoms with E-state index in [1.54, 1.807) is 0 Å². The van der Waals surface area contributed by atoms with E-state index in [4.69, 9.17) is 0 Å². The smallest absolute Gasteiger partial charge is 0.00869 e. The molecule has 10 heavy (non-hydrogen) atoms.